The molecule has 0 radical (unpaired) electrons. The van der Waals surface area contributed by atoms with E-state index in [1.165, 1.54) is 12.1 Å². The first kappa shape index (κ1) is 18.0. The minimum absolute atomic E-state index is 0.0712. The highest BCUT2D eigenvalue weighted by Gasteiger charge is 2.21. The Morgan fingerprint density at radius 2 is 1.72 bits per heavy atom. The second kappa shape index (κ2) is 7.23. The number of amides is 1. The van der Waals surface area contributed by atoms with E-state index in [1.807, 2.05) is 17.0 Å². The van der Waals surface area contributed by atoms with E-state index in [2.05, 4.69) is 4.90 Å². The normalized spacial score (nSPS) is 15.3. The van der Waals surface area contributed by atoms with Gasteiger partial charge in [0.1, 0.15) is 5.75 Å². The molecule has 134 valence electrons. The fourth-order valence-electron chi connectivity index (χ4n) is 2.59. The molecule has 1 aliphatic rings. The number of rotatable bonds is 4. The molecule has 2 aromatic rings. The van der Waals surface area contributed by atoms with Gasteiger partial charge in [-0.2, -0.15) is 8.42 Å². The molecule has 9 heteroatoms. The maximum Gasteiger partial charge on any atom is 0.348 e. The first-order valence-electron chi connectivity index (χ1n) is 7.65. The van der Waals surface area contributed by atoms with E-state index >= 15 is 0 Å². The zero-order chi connectivity index (χ0) is 18.0. The molecule has 3 rings (SSSR count). The topological polar surface area (TPSA) is 66.9 Å². The average Bonchev–Trinajstić information content (AvgIpc) is 3.03. The third kappa shape index (κ3) is 4.26. The number of benzene rings is 1. The van der Waals surface area contributed by atoms with Gasteiger partial charge in [0.15, 0.2) is 4.21 Å². The van der Waals surface area contributed by atoms with Gasteiger partial charge in [-0.25, -0.2) is 0 Å². The van der Waals surface area contributed by atoms with Crippen molar-refractivity contribution < 1.29 is 17.4 Å². The Morgan fingerprint density at radius 3 is 2.24 bits per heavy atom. The minimum atomic E-state index is -3.87. The smallest absolute Gasteiger partial charge is 0.348 e. The van der Waals surface area contributed by atoms with Crippen LogP contribution < -0.4 is 9.08 Å². The maximum atomic E-state index is 12.2. The Balaban J connectivity index is 1.66. The summed E-state index contributed by atoms with van der Waals surface area (Å²) in [5, 5.41) is 0. The molecule has 0 aliphatic carbocycles. The molecule has 0 spiro atoms. The quantitative estimate of drug-likeness (QED) is 0.738. The number of carbonyl (C=O) groups excluding carboxylic acids is 1. The van der Waals surface area contributed by atoms with Crippen LogP contribution in [0.15, 0.2) is 40.6 Å². The number of carbonyl (C=O) groups is 1. The number of hydrogen-bond acceptors (Lipinski definition) is 6. The molecular formula is C16H17ClN2O4S2. The van der Waals surface area contributed by atoms with Gasteiger partial charge in [0.05, 0.1) is 4.34 Å². The van der Waals surface area contributed by atoms with E-state index in [-0.39, 0.29) is 15.9 Å². The highest BCUT2D eigenvalue weighted by Crippen LogP contribution is 2.29. The predicted molar refractivity (Wildman–Crippen MR) is 98.1 cm³/mol. The van der Waals surface area contributed by atoms with Gasteiger partial charge in [0.25, 0.3) is 0 Å². The Labute approximate surface area is 155 Å². The van der Waals surface area contributed by atoms with E-state index in [9.17, 15) is 13.2 Å². The molecule has 1 amide bonds. The monoisotopic (exact) mass is 400 g/mol. The second-order valence-corrected chi connectivity index (χ2v) is 9.07. The lowest BCUT2D eigenvalue weighted by molar-refractivity contribution is -0.129. The highest BCUT2D eigenvalue weighted by molar-refractivity contribution is 7.89. The summed E-state index contributed by atoms with van der Waals surface area (Å²) in [6.45, 7) is 4.42. The summed E-state index contributed by atoms with van der Waals surface area (Å²) in [6, 6.07) is 9.82. The lowest BCUT2D eigenvalue weighted by Crippen LogP contribution is -2.48. The number of nitrogens with zero attached hydrogens (tertiary/aromatic N) is 2. The van der Waals surface area contributed by atoms with Crippen molar-refractivity contribution in [2.45, 2.75) is 11.1 Å². The minimum Gasteiger partial charge on any atom is -0.378 e. The predicted octanol–water partition coefficient (Wildman–Crippen LogP) is 2.84. The van der Waals surface area contributed by atoms with E-state index < -0.39 is 10.1 Å². The van der Waals surface area contributed by atoms with Crippen LogP contribution in [0.25, 0.3) is 0 Å². The molecule has 1 fully saturated rings. The van der Waals surface area contributed by atoms with Crippen LogP contribution in [-0.2, 0) is 14.9 Å². The highest BCUT2D eigenvalue weighted by atomic mass is 35.5. The summed E-state index contributed by atoms with van der Waals surface area (Å²) in [4.78, 5) is 15.3. The van der Waals surface area contributed by atoms with Crippen molar-refractivity contribution >= 4 is 44.7 Å². The van der Waals surface area contributed by atoms with Gasteiger partial charge in [-0.15, -0.1) is 11.3 Å². The Hall–Kier alpha value is -1.77. The Kier molecular flexibility index (Phi) is 5.21. The van der Waals surface area contributed by atoms with Crippen LogP contribution in [0.2, 0.25) is 4.34 Å². The van der Waals surface area contributed by atoms with Crippen molar-refractivity contribution in [3.05, 3.63) is 40.7 Å². The van der Waals surface area contributed by atoms with E-state index in [0.717, 1.165) is 30.1 Å². The fourth-order valence-corrected chi connectivity index (χ4v) is 4.97. The second-order valence-electron chi connectivity index (χ2n) is 5.58. The summed E-state index contributed by atoms with van der Waals surface area (Å²) >= 11 is 6.73. The largest absolute Gasteiger partial charge is 0.378 e. The molecule has 1 aromatic carbocycles. The van der Waals surface area contributed by atoms with E-state index in [4.69, 9.17) is 15.8 Å². The van der Waals surface area contributed by atoms with Gasteiger partial charge in [0.2, 0.25) is 5.91 Å². The van der Waals surface area contributed by atoms with Crippen LogP contribution in [0.4, 0.5) is 5.69 Å². The summed E-state index contributed by atoms with van der Waals surface area (Å²) < 4.78 is 30.0. The molecule has 2 heterocycles. The number of piperazine rings is 1. The van der Waals surface area contributed by atoms with Crippen LogP contribution in [0, 0.1) is 0 Å². The molecule has 1 aromatic heterocycles. The number of thiophene rings is 1. The SMILES string of the molecule is CC(=O)N1CCN(c2ccc(OS(=O)(=O)c3ccc(Cl)s3)cc2)CC1. The van der Waals surface area contributed by atoms with Gasteiger partial charge in [-0.3, -0.25) is 4.79 Å². The Bertz CT molecular complexity index is 857. The van der Waals surface area contributed by atoms with E-state index in [0.29, 0.717) is 17.4 Å². The van der Waals surface area contributed by atoms with Crippen molar-refractivity contribution in [3.63, 3.8) is 0 Å². The van der Waals surface area contributed by atoms with Crippen molar-refractivity contribution in [3.8, 4) is 5.75 Å². The summed E-state index contributed by atoms with van der Waals surface area (Å²) in [7, 11) is -3.87. The van der Waals surface area contributed by atoms with Crippen molar-refractivity contribution in [2.75, 3.05) is 31.1 Å². The lowest BCUT2D eigenvalue weighted by atomic mass is 10.2. The van der Waals surface area contributed by atoms with Gasteiger partial charge in [-0.05, 0) is 36.4 Å². The maximum absolute atomic E-state index is 12.2. The zero-order valence-corrected chi connectivity index (χ0v) is 15.9. The van der Waals surface area contributed by atoms with Gasteiger partial charge < -0.3 is 14.0 Å². The van der Waals surface area contributed by atoms with E-state index in [1.54, 1.807) is 19.1 Å². The van der Waals surface area contributed by atoms with Crippen LogP contribution in [0.5, 0.6) is 5.75 Å². The molecule has 0 bridgehead atoms. The molecule has 0 saturated carbocycles. The standard InChI is InChI=1S/C16H17ClN2O4S2/c1-12(20)18-8-10-19(11-9-18)13-2-4-14(5-3-13)23-25(21,22)16-7-6-15(17)24-16/h2-7H,8-11H2,1H3. The first-order chi connectivity index (χ1) is 11.8. The number of halogens is 1. The van der Waals surface area contributed by atoms with Gasteiger partial charge in [0, 0.05) is 38.8 Å². The van der Waals surface area contributed by atoms with Crippen molar-refractivity contribution in [2.24, 2.45) is 0 Å². The first-order valence-corrected chi connectivity index (χ1v) is 10.3. The number of anilines is 1. The molecular weight excluding hydrogens is 384 g/mol. The van der Waals surface area contributed by atoms with Crippen LogP contribution in [0.1, 0.15) is 6.92 Å². The van der Waals surface area contributed by atoms with Crippen molar-refractivity contribution in [1.82, 2.24) is 4.90 Å². The molecule has 0 unspecified atom stereocenters. The Morgan fingerprint density at radius 1 is 1.08 bits per heavy atom. The molecule has 6 nitrogen and oxygen atoms in total. The van der Waals surface area contributed by atoms with Crippen molar-refractivity contribution in [1.29, 1.82) is 0 Å². The summed E-state index contributed by atoms with van der Waals surface area (Å²) in [6.07, 6.45) is 0. The molecule has 0 atom stereocenters. The van der Waals surface area contributed by atoms with Crippen LogP contribution in [-0.4, -0.2) is 45.4 Å². The third-order valence-electron chi connectivity index (χ3n) is 3.93. The molecule has 1 saturated heterocycles. The van der Waals surface area contributed by atoms with Gasteiger partial charge in [-0.1, -0.05) is 11.6 Å². The summed E-state index contributed by atoms with van der Waals surface area (Å²) in [5.41, 5.74) is 0.965. The van der Waals surface area contributed by atoms with Gasteiger partial charge >= 0.3 is 10.1 Å². The van der Waals surface area contributed by atoms with Crippen LogP contribution in [0.3, 0.4) is 0 Å². The molecule has 1 aliphatic heterocycles. The van der Waals surface area contributed by atoms with Crippen LogP contribution >= 0.6 is 22.9 Å². The fraction of sp³-hybridized carbons (Fsp3) is 0.312. The molecule has 0 N–H and O–H groups in total. The molecule has 25 heavy (non-hydrogen) atoms. The summed E-state index contributed by atoms with van der Waals surface area (Å²) in [5.74, 6) is 0.331. The third-order valence-corrected chi connectivity index (χ3v) is 6.86. The average molecular weight is 401 g/mol. The number of hydrogen-bond donors (Lipinski definition) is 0. The zero-order valence-electron chi connectivity index (χ0n) is 13.5. The lowest BCUT2D eigenvalue weighted by Gasteiger charge is -2.35.